The summed E-state index contributed by atoms with van der Waals surface area (Å²) >= 11 is 0. The second-order valence-electron chi connectivity index (χ2n) is 4.21. The summed E-state index contributed by atoms with van der Waals surface area (Å²) in [6, 6.07) is 8.97. The summed E-state index contributed by atoms with van der Waals surface area (Å²) in [6.07, 6.45) is -1.98. The zero-order chi connectivity index (χ0) is 13.9. The van der Waals surface area contributed by atoms with Gasteiger partial charge in [0.05, 0.1) is 17.8 Å². The van der Waals surface area contributed by atoms with Crippen LogP contribution in [0.5, 0.6) is 0 Å². The van der Waals surface area contributed by atoms with Crippen LogP contribution in [0.25, 0.3) is 0 Å². The number of nitrogens with two attached hydrogens (primary N) is 1. The van der Waals surface area contributed by atoms with E-state index in [1.54, 1.807) is 0 Å². The molecule has 0 aliphatic rings. The third-order valence-electron chi connectivity index (χ3n) is 2.87. The summed E-state index contributed by atoms with van der Waals surface area (Å²) in [4.78, 5) is 0. The zero-order valence-corrected chi connectivity index (χ0v) is 10.1. The topological polar surface area (TPSA) is 43.8 Å². The second kappa shape index (κ2) is 5.44. The van der Waals surface area contributed by atoms with E-state index in [9.17, 15) is 13.2 Å². The number of hydrogen-bond acceptors (Lipinski definition) is 2. The average Bonchev–Trinajstić information content (AvgIpc) is 2.86. The van der Waals surface area contributed by atoms with Crippen molar-refractivity contribution in [1.82, 2.24) is 9.78 Å². The van der Waals surface area contributed by atoms with Crippen LogP contribution in [0.15, 0.2) is 42.7 Å². The molecule has 2 N–H and O–H groups in total. The molecule has 102 valence electrons. The standard InChI is InChI=1S/C13H14F3N3/c14-13(15,16)11-8-18-19(9-11)12(6-7-17)10-4-2-1-3-5-10/h1-5,8-9,12H,6-7,17H2. The summed E-state index contributed by atoms with van der Waals surface area (Å²) < 4.78 is 39.0. The Morgan fingerprint density at radius 2 is 1.89 bits per heavy atom. The highest BCUT2D eigenvalue weighted by atomic mass is 19.4. The normalized spacial score (nSPS) is 13.5. The van der Waals surface area contributed by atoms with Crippen molar-refractivity contribution in [3.8, 4) is 0 Å². The van der Waals surface area contributed by atoms with E-state index in [1.165, 1.54) is 4.68 Å². The van der Waals surface area contributed by atoms with Gasteiger partial charge in [-0.15, -0.1) is 0 Å². The first-order valence-corrected chi connectivity index (χ1v) is 5.88. The predicted octanol–water partition coefficient (Wildman–Crippen LogP) is 2.84. The molecule has 0 aliphatic heterocycles. The molecule has 1 aromatic carbocycles. The molecular weight excluding hydrogens is 255 g/mol. The Balaban J connectivity index is 2.32. The van der Waals surface area contributed by atoms with Gasteiger partial charge in [0.2, 0.25) is 0 Å². The fourth-order valence-electron chi connectivity index (χ4n) is 1.94. The molecule has 1 heterocycles. The van der Waals surface area contributed by atoms with Crippen LogP contribution < -0.4 is 5.73 Å². The van der Waals surface area contributed by atoms with Crippen molar-refractivity contribution in [2.24, 2.45) is 5.73 Å². The van der Waals surface area contributed by atoms with E-state index in [1.807, 2.05) is 30.3 Å². The quantitative estimate of drug-likeness (QED) is 0.927. The monoisotopic (exact) mass is 269 g/mol. The minimum atomic E-state index is -4.37. The van der Waals surface area contributed by atoms with Crippen molar-refractivity contribution < 1.29 is 13.2 Å². The fourth-order valence-corrected chi connectivity index (χ4v) is 1.94. The predicted molar refractivity (Wildman–Crippen MR) is 65.5 cm³/mol. The molecule has 0 amide bonds. The highest BCUT2D eigenvalue weighted by molar-refractivity contribution is 5.21. The number of nitrogens with zero attached hydrogens (tertiary/aromatic N) is 2. The summed E-state index contributed by atoms with van der Waals surface area (Å²) in [5.41, 5.74) is 5.68. The van der Waals surface area contributed by atoms with Crippen molar-refractivity contribution in [3.05, 3.63) is 53.9 Å². The van der Waals surface area contributed by atoms with Gasteiger partial charge in [-0.05, 0) is 18.5 Å². The van der Waals surface area contributed by atoms with Crippen LogP contribution in [0.2, 0.25) is 0 Å². The molecule has 0 spiro atoms. The number of rotatable bonds is 4. The van der Waals surface area contributed by atoms with E-state index in [0.29, 0.717) is 13.0 Å². The van der Waals surface area contributed by atoms with Crippen LogP contribution >= 0.6 is 0 Å². The Morgan fingerprint density at radius 3 is 2.42 bits per heavy atom. The fraction of sp³-hybridized carbons (Fsp3) is 0.308. The lowest BCUT2D eigenvalue weighted by Gasteiger charge is -2.17. The lowest BCUT2D eigenvalue weighted by molar-refractivity contribution is -0.137. The van der Waals surface area contributed by atoms with Gasteiger partial charge in [-0.1, -0.05) is 30.3 Å². The molecule has 2 aromatic rings. The van der Waals surface area contributed by atoms with E-state index >= 15 is 0 Å². The van der Waals surface area contributed by atoms with Gasteiger partial charge in [-0.25, -0.2) is 0 Å². The molecule has 6 heteroatoms. The maximum atomic E-state index is 12.6. The molecule has 0 radical (unpaired) electrons. The van der Waals surface area contributed by atoms with Crippen molar-refractivity contribution in [1.29, 1.82) is 0 Å². The molecule has 1 aromatic heterocycles. The molecular formula is C13H14F3N3. The van der Waals surface area contributed by atoms with Crippen molar-refractivity contribution in [2.75, 3.05) is 6.54 Å². The van der Waals surface area contributed by atoms with Gasteiger partial charge in [0.25, 0.3) is 0 Å². The Hall–Kier alpha value is -1.82. The summed E-state index contributed by atoms with van der Waals surface area (Å²) in [7, 11) is 0. The van der Waals surface area contributed by atoms with Gasteiger partial charge in [0, 0.05) is 6.20 Å². The molecule has 0 saturated carbocycles. The van der Waals surface area contributed by atoms with Gasteiger partial charge in [-0.2, -0.15) is 18.3 Å². The number of aromatic nitrogens is 2. The number of hydrogen-bond donors (Lipinski definition) is 1. The van der Waals surface area contributed by atoms with Gasteiger partial charge in [0.15, 0.2) is 0 Å². The average molecular weight is 269 g/mol. The van der Waals surface area contributed by atoms with E-state index in [0.717, 1.165) is 18.0 Å². The Labute approximate surface area is 108 Å². The van der Waals surface area contributed by atoms with Crippen LogP contribution in [0.3, 0.4) is 0 Å². The van der Waals surface area contributed by atoms with E-state index < -0.39 is 11.7 Å². The molecule has 19 heavy (non-hydrogen) atoms. The number of benzene rings is 1. The molecule has 0 fully saturated rings. The smallest absolute Gasteiger partial charge is 0.330 e. The van der Waals surface area contributed by atoms with Gasteiger partial charge in [-0.3, -0.25) is 4.68 Å². The van der Waals surface area contributed by atoms with Gasteiger partial charge < -0.3 is 5.73 Å². The lowest BCUT2D eigenvalue weighted by Crippen LogP contribution is -2.16. The first kappa shape index (κ1) is 13.6. The maximum Gasteiger partial charge on any atom is 0.419 e. The molecule has 3 nitrogen and oxygen atoms in total. The molecule has 0 bridgehead atoms. The molecule has 0 saturated heterocycles. The van der Waals surface area contributed by atoms with Crippen LogP contribution in [0, 0.1) is 0 Å². The minimum Gasteiger partial charge on any atom is -0.330 e. The van der Waals surface area contributed by atoms with E-state index in [4.69, 9.17) is 5.73 Å². The number of halogens is 3. The number of alkyl halides is 3. The maximum absolute atomic E-state index is 12.6. The summed E-state index contributed by atoms with van der Waals surface area (Å²) in [6.45, 7) is 0.376. The van der Waals surface area contributed by atoms with Gasteiger partial charge in [0.1, 0.15) is 0 Å². The Kier molecular flexibility index (Phi) is 3.90. The first-order chi connectivity index (χ1) is 9.02. The second-order valence-corrected chi connectivity index (χ2v) is 4.21. The lowest BCUT2D eigenvalue weighted by atomic mass is 10.0. The summed E-state index contributed by atoms with van der Waals surface area (Å²) in [5, 5.41) is 3.82. The first-order valence-electron chi connectivity index (χ1n) is 5.88. The van der Waals surface area contributed by atoms with E-state index in [-0.39, 0.29) is 6.04 Å². The Bertz CT molecular complexity index is 519. The molecule has 2 rings (SSSR count). The highest BCUT2D eigenvalue weighted by Gasteiger charge is 2.32. The van der Waals surface area contributed by atoms with Crippen LogP contribution in [0.4, 0.5) is 13.2 Å². The molecule has 0 aliphatic carbocycles. The molecule has 1 atom stereocenters. The van der Waals surface area contributed by atoms with Crippen LogP contribution in [-0.4, -0.2) is 16.3 Å². The largest absolute Gasteiger partial charge is 0.419 e. The SMILES string of the molecule is NCCC(c1ccccc1)n1cc(C(F)(F)F)cn1. The minimum absolute atomic E-state index is 0.276. The zero-order valence-electron chi connectivity index (χ0n) is 10.1. The molecule has 1 unspecified atom stereocenters. The van der Waals surface area contributed by atoms with Crippen molar-refractivity contribution in [2.45, 2.75) is 18.6 Å². The third kappa shape index (κ3) is 3.14. The Morgan fingerprint density at radius 1 is 1.21 bits per heavy atom. The van der Waals surface area contributed by atoms with Crippen molar-refractivity contribution in [3.63, 3.8) is 0 Å². The summed E-state index contributed by atoms with van der Waals surface area (Å²) in [5.74, 6) is 0. The van der Waals surface area contributed by atoms with E-state index in [2.05, 4.69) is 5.10 Å². The van der Waals surface area contributed by atoms with Crippen LogP contribution in [0.1, 0.15) is 23.6 Å². The third-order valence-corrected chi connectivity index (χ3v) is 2.87. The van der Waals surface area contributed by atoms with Crippen molar-refractivity contribution >= 4 is 0 Å². The highest BCUT2D eigenvalue weighted by Crippen LogP contribution is 2.30. The van der Waals surface area contributed by atoms with Crippen LogP contribution in [-0.2, 0) is 6.18 Å². The van der Waals surface area contributed by atoms with Gasteiger partial charge >= 0.3 is 6.18 Å².